The topological polar surface area (TPSA) is 94.2 Å². The van der Waals surface area contributed by atoms with Crippen molar-refractivity contribution in [3.8, 4) is 17.2 Å². The molecule has 0 saturated carbocycles. The van der Waals surface area contributed by atoms with Gasteiger partial charge in [-0.15, -0.1) is 0 Å². The number of hydrogen-bond acceptors (Lipinski definition) is 6. The molecule has 1 heterocycles. The van der Waals surface area contributed by atoms with Crippen molar-refractivity contribution >= 4 is 29.6 Å². The summed E-state index contributed by atoms with van der Waals surface area (Å²) >= 11 is 0. The first-order valence-electron chi connectivity index (χ1n) is 14.0. The second kappa shape index (κ2) is 14.7. The molecule has 0 aromatic heterocycles. The Labute approximate surface area is 240 Å². The van der Waals surface area contributed by atoms with Gasteiger partial charge in [-0.25, -0.2) is 9.69 Å². The number of anilines is 1. The molecule has 0 atom stereocenters. The SMILES string of the molecule is CCCCCCCCOc1ccc(/C=C2/C(=O)NC(=O)N(c3ccc(OCc4ccccc4)cc3)C2=O)cc1OC. The first-order valence-corrected chi connectivity index (χ1v) is 14.0. The van der Waals surface area contributed by atoms with Crippen LogP contribution >= 0.6 is 0 Å². The third-order valence-corrected chi connectivity index (χ3v) is 6.70. The van der Waals surface area contributed by atoms with Gasteiger partial charge in [0.15, 0.2) is 11.5 Å². The van der Waals surface area contributed by atoms with Crippen molar-refractivity contribution in [1.29, 1.82) is 0 Å². The van der Waals surface area contributed by atoms with Gasteiger partial charge in [0, 0.05) is 0 Å². The highest BCUT2D eigenvalue weighted by molar-refractivity contribution is 6.39. The van der Waals surface area contributed by atoms with Crippen molar-refractivity contribution in [3.63, 3.8) is 0 Å². The number of unbranched alkanes of at least 4 members (excludes halogenated alkanes) is 5. The number of benzene rings is 3. The zero-order chi connectivity index (χ0) is 29.0. The van der Waals surface area contributed by atoms with Crippen molar-refractivity contribution in [3.05, 3.63) is 89.5 Å². The van der Waals surface area contributed by atoms with Gasteiger partial charge < -0.3 is 14.2 Å². The van der Waals surface area contributed by atoms with E-state index >= 15 is 0 Å². The van der Waals surface area contributed by atoms with Crippen LogP contribution in [0.5, 0.6) is 17.2 Å². The zero-order valence-electron chi connectivity index (χ0n) is 23.6. The maximum absolute atomic E-state index is 13.3. The minimum Gasteiger partial charge on any atom is -0.493 e. The van der Waals surface area contributed by atoms with E-state index in [2.05, 4.69) is 12.2 Å². The van der Waals surface area contributed by atoms with Gasteiger partial charge >= 0.3 is 6.03 Å². The molecule has 8 nitrogen and oxygen atoms in total. The smallest absolute Gasteiger partial charge is 0.335 e. The minimum absolute atomic E-state index is 0.170. The van der Waals surface area contributed by atoms with Crippen LogP contribution in [0.3, 0.4) is 0 Å². The molecule has 1 fully saturated rings. The number of urea groups is 1. The van der Waals surface area contributed by atoms with Crippen LogP contribution in [0.25, 0.3) is 6.08 Å². The molecular weight excluding hydrogens is 520 g/mol. The number of ether oxygens (including phenoxy) is 3. The molecule has 0 bridgehead atoms. The normalized spacial score (nSPS) is 14.2. The number of barbiturate groups is 1. The van der Waals surface area contributed by atoms with Gasteiger partial charge in [0.2, 0.25) is 0 Å². The highest BCUT2D eigenvalue weighted by Gasteiger charge is 2.36. The molecule has 1 aliphatic rings. The lowest BCUT2D eigenvalue weighted by atomic mass is 10.1. The Bertz CT molecular complexity index is 1370. The second-order valence-electron chi connectivity index (χ2n) is 9.75. The number of nitrogens with one attached hydrogen (secondary N) is 1. The predicted molar refractivity (Wildman–Crippen MR) is 158 cm³/mol. The molecule has 4 rings (SSSR count). The van der Waals surface area contributed by atoms with Crippen LogP contribution in [0.2, 0.25) is 0 Å². The number of imide groups is 2. The summed E-state index contributed by atoms with van der Waals surface area (Å²) in [6.07, 6.45) is 8.42. The van der Waals surface area contributed by atoms with E-state index in [4.69, 9.17) is 14.2 Å². The molecule has 0 aliphatic carbocycles. The molecule has 214 valence electrons. The Morgan fingerprint density at radius 3 is 2.27 bits per heavy atom. The van der Waals surface area contributed by atoms with E-state index in [1.54, 1.807) is 42.5 Å². The Balaban J connectivity index is 1.42. The van der Waals surface area contributed by atoms with Gasteiger partial charge in [-0.05, 0) is 60.0 Å². The predicted octanol–water partition coefficient (Wildman–Crippen LogP) is 6.68. The van der Waals surface area contributed by atoms with E-state index in [0.29, 0.717) is 41.7 Å². The highest BCUT2D eigenvalue weighted by Crippen LogP contribution is 2.30. The van der Waals surface area contributed by atoms with E-state index in [-0.39, 0.29) is 5.57 Å². The molecule has 3 aromatic carbocycles. The van der Waals surface area contributed by atoms with E-state index in [9.17, 15) is 14.4 Å². The zero-order valence-corrected chi connectivity index (χ0v) is 23.6. The number of rotatable bonds is 14. The Morgan fingerprint density at radius 2 is 1.54 bits per heavy atom. The van der Waals surface area contributed by atoms with Crippen LogP contribution in [0, 0.1) is 0 Å². The standard InChI is InChI=1S/C33H36N2O6/c1-3-4-5-6-7-11-20-40-29-19-14-25(22-30(29)39-2)21-28-31(36)34-33(38)35(32(28)37)26-15-17-27(18-16-26)41-23-24-12-9-8-10-13-24/h8-10,12-19,21-22H,3-7,11,20,23H2,1-2H3,(H,34,36,38)/b28-21-. The van der Waals surface area contributed by atoms with E-state index in [1.807, 2.05) is 30.3 Å². The lowest BCUT2D eigenvalue weighted by molar-refractivity contribution is -0.122. The number of hydrogen-bond donors (Lipinski definition) is 1. The van der Waals surface area contributed by atoms with Crippen molar-refractivity contribution in [2.45, 2.75) is 52.1 Å². The first-order chi connectivity index (χ1) is 20.0. The minimum atomic E-state index is -0.814. The van der Waals surface area contributed by atoms with Crippen molar-refractivity contribution in [2.24, 2.45) is 0 Å². The molecule has 1 saturated heterocycles. The fourth-order valence-corrected chi connectivity index (χ4v) is 4.45. The number of nitrogens with zero attached hydrogens (tertiary/aromatic N) is 1. The Hall–Kier alpha value is -4.59. The maximum atomic E-state index is 13.3. The maximum Gasteiger partial charge on any atom is 0.335 e. The number of carbonyl (C=O) groups is 3. The summed E-state index contributed by atoms with van der Waals surface area (Å²) in [5.74, 6) is 0.183. The van der Waals surface area contributed by atoms with Crippen LogP contribution < -0.4 is 24.4 Å². The second-order valence-corrected chi connectivity index (χ2v) is 9.75. The van der Waals surface area contributed by atoms with Gasteiger partial charge in [-0.2, -0.15) is 0 Å². The van der Waals surface area contributed by atoms with Crippen LogP contribution in [0.1, 0.15) is 56.6 Å². The Kier molecular flexibility index (Phi) is 10.5. The van der Waals surface area contributed by atoms with Crippen molar-refractivity contribution < 1.29 is 28.6 Å². The number of amides is 4. The quantitative estimate of drug-likeness (QED) is 0.135. The number of carbonyl (C=O) groups excluding carboxylic acids is 3. The summed E-state index contributed by atoms with van der Waals surface area (Å²) < 4.78 is 17.2. The molecule has 0 spiro atoms. The van der Waals surface area contributed by atoms with Gasteiger partial charge in [-0.1, -0.05) is 75.4 Å². The first kappa shape index (κ1) is 29.4. The molecule has 8 heteroatoms. The fourth-order valence-electron chi connectivity index (χ4n) is 4.45. The summed E-state index contributed by atoms with van der Waals surface area (Å²) in [5, 5.41) is 2.25. The third-order valence-electron chi connectivity index (χ3n) is 6.70. The van der Waals surface area contributed by atoms with Gasteiger partial charge in [0.25, 0.3) is 11.8 Å². The van der Waals surface area contributed by atoms with Crippen molar-refractivity contribution in [1.82, 2.24) is 5.32 Å². The van der Waals surface area contributed by atoms with Gasteiger partial charge in [0.05, 0.1) is 19.4 Å². The molecule has 41 heavy (non-hydrogen) atoms. The van der Waals surface area contributed by atoms with E-state index in [1.165, 1.54) is 38.9 Å². The monoisotopic (exact) mass is 556 g/mol. The molecule has 1 N–H and O–H groups in total. The highest BCUT2D eigenvalue weighted by atomic mass is 16.5. The van der Waals surface area contributed by atoms with E-state index in [0.717, 1.165) is 23.3 Å². The van der Waals surface area contributed by atoms with Gasteiger partial charge in [0.1, 0.15) is 17.9 Å². The number of methoxy groups -OCH3 is 1. The van der Waals surface area contributed by atoms with Crippen LogP contribution in [-0.4, -0.2) is 31.6 Å². The summed E-state index contributed by atoms with van der Waals surface area (Å²) in [6, 6.07) is 20.7. The Morgan fingerprint density at radius 1 is 0.805 bits per heavy atom. The summed E-state index contributed by atoms with van der Waals surface area (Å²) in [4.78, 5) is 39.5. The molecule has 0 radical (unpaired) electrons. The summed E-state index contributed by atoms with van der Waals surface area (Å²) in [7, 11) is 1.54. The average Bonchev–Trinajstić information content (AvgIpc) is 2.99. The lowest BCUT2D eigenvalue weighted by Crippen LogP contribution is -2.54. The molecule has 1 aliphatic heterocycles. The van der Waals surface area contributed by atoms with Crippen LogP contribution in [0.15, 0.2) is 78.4 Å². The fraction of sp³-hybridized carbons (Fsp3) is 0.303. The van der Waals surface area contributed by atoms with Crippen LogP contribution in [0.4, 0.5) is 10.5 Å². The molecule has 0 unspecified atom stereocenters. The average molecular weight is 557 g/mol. The molecule has 4 amide bonds. The molecule has 3 aromatic rings. The lowest BCUT2D eigenvalue weighted by Gasteiger charge is -2.26. The summed E-state index contributed by atoms with van der Waals surface area (Å²) in [5.41, 5.74) is 1.72. The largest absolute Gasteiger partial charge is 0.493 e. The summed E-state index contributed by atoms with van der Waals surface area (Å²) in [6.45, 7) is 3.16. The van der Waals surface area contributed by atoms with Crippen molar-refractivity contribution in [2.75, 3.05) is 18.6 Å². The van der Waals surface area contributed by atoms with E-state index < -0.39 is 17.8 Å². The molecular formula is C33H36N2O6. The van der Waals surface area contributed by atoms with Crippen LogP contribution in [-0.2, 0) is 16.2 Å². The van der Waals surface area contributed by atoms with Gasteiger partial charge in [-0.3, -0.25) is 14.9 Å². The third kappa shape index (κ3) is 7.97.